The zero-order valence-corrected chi connectivity index (χ0v) is 8.98. The van der Waals surface area contributed by atoms with Gasteiger partial charge < -0.3 is 9.84 Å². The summed E-state index contributed by atoms with van der Waals surface area (Å²) < 4.78 is 40.5. The Morgan fingerprint density at radius 2 is 2.00 bits per heavy atom. The molecule has 0 saturated heterocycles. The van der Waals surface area contributed by atoms with Gasteiger partial charge in [-0.3, -0.25) is 0 Å². The number of benzene rings is 1. The minimum Gasteiger partial charge on any atom is -0.493 e. The van der Waals surface area contributed by atoms with Crippen molar-refractivity contribution in [2.24, 2.45) is 0 Å². The number of aliphatic hydroxyl groups excluding tert-OH is 1. The number of aliphatic hydroxyl groups is 1. The van der Waals surface area contributed by atoms with Crippen molar-refractivity contribution in [3.63, 3.8) is 0 Å². The molecule has 2 nitrogen and oxygen atoms in total. The standard InChI is InChI=1S/C10H10ClF3O2/c11-8-1-2-9(7(5-8)6-15)16-4-3-10(12,13)14/h1-2,5,15H,3-4,6H2. The number of ether oxygens (including phenoxy) is 1. The molecule has 0 spiro atoms. The van der Waals surface area contributed by atoms with Crippen LogP contribution in [0.2, 0.25) is 5.02 Å². The van der Waals surface area contributed by atoms with E-state index in [1.807, 2.05) is 0 Å². The van der Waals surface area contributed by atoms with Gasteiger partial charge >= 0.3 is 6.18 Å². The summed E-state index contributed by atoms with van der Waals surface area (Å²) in [6, 6.07) is 4.37. The van der Waals surface area contributed by atoms with E-state index < -0.39 is 19.2 Å². The molecular formula is C10H10ClF3O2. The summed E-state index contributed by atoms with van der Waals surface area (Å²) in [5.41, 5.74) is 0.370. The third-order valence-corrected chi connectivity index (χ3v) is 2.07. The highest BCUT2D eigenvalue weighted by molar-refractivity contribution is 6.30. The highest BCUT2D eigenvalue weighted by Crippen LogP contribution is 2.25. The maximum atomic E-state index is 11.9. The first-order chi connectivity index (χ1) is 7.42. The summed E-state index contributed by atoms with van der Waals surface area (Å²) in [5.74, 6) is 0.219. The lowest BCUT2D eigenvalue weighted by Gasteiger charge is -2.11. The van der Waals surface area contributed by atoms with Crippen LogP contribution in [0.15, 0.2) is 18.2 Å². The molecule has 0 aliphatic carbocycles. The number of alkyl halides is 3. The largest absolute Gasteiger partial charge is 0.493 e. The quantitative estimate of drug-likeness (QED) is 0.894. The van der Waals surface area contributed by atoms with E-state index in [0.717, 1.165) is 0 Å². The number of hydrogen-bond donors (Lipinski definition) is 1. The van der Waals surface area contributed by atoms with E-state index in [9.17, 15) is 13.2 Å². The van der Waals surface area contributed by atoms with E-state index >= 15 is 0 Å². The minimum atomic E-state index is -4.24. The molecule has 1 aromatic carbocycles. The molecule has 1 aromatic rings. The Hall–Kier alpha value is -0.940. The van der Waals surface area contributed by atoms with Crippen molar-refractivity contribution in [2.75, 3.05) is 6.61 Å². The van der Waals surface area contributed by atoms with E-state index in [1.165, 1.54) is 18.2 Å². The van der Waals surface area contributed by atoms with Crippen LogP contribution in [-0.2, 0) is 6.61 Å². The van der Waals surface area contributed by atoms with E-state index in [2.05, 4.69) is 0 Å². The van der Waals surface area contributed by atoms with E-state index in [1.54, 1.807) is 0 Å². The monoisotopic (exact) mass is 254 g/mol. The fourth-order valence-electron chi connectivity index (χ4n) is 1.09. The summed E-state index contributed by atoms with van der Waals surface area (Å²) >= 11 is 5.66. The predicted molar refractivity (Wildman–Crippen MR) is 53.5 cm³/mol. The van der Waals surface area contributed by atoms with Crippen molar-refractivity contribution in [2.45, 2.75) is 19.2 Å². The van der Waals surface area contributed by atoms with Crippen molar-refractivity contribution in [3.8, 4) is 5.75 Å². The lowest BCUT2D eigenvalue weighted by molar-refractivity contribution is -0.139. The molecule has 0 aromatic heterocycles. The lowest BCUT2D eigenvalue weighted by atomic mass is 10.2. The molecule has 6 heteroatoms. The van der Waals surface area contributed by atoms with Crippen LogP contribution in [-0.4, -0.2) is 17.9 Å². The van der Waals surface area contributed by atoms with Crippen LogP contribution < -0.4 is 4.74 Å². The first-order valence-electron chi connectivity index (χ1n) is 4.51. The lowest BCUT2D eigenvalue weighted by Crippen LogP contribution is -2.13. The van der Waals surface area contributed by atoms with Gasteiger partial charge in [-0.25, -0.2) is 0 Å². The van der Waals surface area contributed by atoms with Crippen LogP contribution in [0.3, 0.4) is 0 Å². The Balaban J connectivity index is 2.60. The third kappa shape index (κ3) is 4.28. The van der Waals surface area contributed by atoms with Gasteiger partial charge in [-0.05, 0) is 18.2 Å². The number of halogens is 4. The Kier molecular flexibility index (Phi) is 4.44. The molecule has 0 aliphatic heterocycles. The zero-order chi connectivity index (χ0) is 12.2. The first-order valence-corrected chi connectivity index (χ1v) is 4.89. The van der Waals surface area contributed by atoms with Crippen LogP contribution in [0.5, 0.6) is 5.75 Å². The highest BCUT2D eigenvalue weighted by atomic mass is 35.5. The van der Waals surface area contributed by atoms with Crippen LogP contribution in [0.4, 0.5) is 13.2 Å². The molecule has 0 heterocycles. The van der Waals surface area contributed by atoms with Gasteiger partial charge in [-0.15, -0.1) is 0 Å². The molecule has 0 bridgehead atoms. The second-order valence-electron chi connectivity index (χ2n) is 3.12. The van der Waals surface area contributed by atoms with Gasteiger partial charge in [0.2, 0.25) is 0 Å². The van der Waals surface area contributed by atoms with Gasteiger partial charge in [0.25, 0.3) is 0 Å². The molecule has 0 radical (unpaired) electrons. The average Bonchev–Trinajstić information content (AvgIpc) is 2.18. The Morgan fingerprint density at radius 3 is 2.56 bits per heavy atom. The van der Waals surface area contributed by atoms with Gasteiger partial charge in [0, 0.05) is 10.6 Å². The minimum absolute atomic E-state index is 0.219. The van der Waals surface area contributed by atoms with Crippen molar-refractivity contribution >= 4 is 11.6 Å². The summed E-state index contributed by atoms with van der Waals surface area (Å²) in [5, 5.41) is 9.34. The Labute approximate surface area is 95.6 Å². The molecule has 0 unspecified atom stereocenters. The maximum Gasteiger partial charge on any atom is 0.392 e. The van der Waals surface area contributed by atoms with Gasteiger partial charge in [-0.2, -0.15) is 13.2 Å². The average molecular weight is 255 g/mol. The normalized spacial score (nSPS) is 11.6. The number of hydrogen-bond acceptors (Lipinski definition) is 2. The summed E-state index contributed by atoms with van der Waals surface area (Å²) in [6.45, 7) is -0.806. The molecule has 0 aliphatic rings. The van der Waals surface area contributed by atoms with Crippen molar-refractivity contribution in [3.05, 3.63) is 28.8 Å². The van der Waals surface area contributed by atoms with Gasteiger partial charge in [0.15, 0.2) is 0 Å². The van der Waals surface area contributed by atoms with E-state index in [0.29, 0.717) is 10.6 Å². The topological polar surface area (TPSA) is 29.5 Å². The molecule has 1 rings (SSSR count). The molecular weight excluding hydrogens is 245 g/mol. The number of rotatable bonds is 4. The molecule has 16 heavy (non-hydrogen) atoms. The molecule has 0 fully saturated rings. The van der Waals surface area contributed by atoms with Gasteiger partial charge in [0.05, 0.1) is 19.6 Å². The zero-order valence-electron chi connectivity index (χ0n) is 8.22. The summed E-state index contributed by atoms with van der Waals surface area (Å²) in [7, 11) is 0. The fraction of sp³-hybridized carbons (Fsp3) is 0.400. The van der Waals surface area contributed by atoms with Gasteiger partial charge in [-0.1, -0.05) is 11.6 Å². The second kappa shape index (κ2) is 5.41. The van der Waals surface area contributed by atoms with Crippen LogP contribution in [0.25, 0.3) is 0 Å². The Morgan fingerprint density at radius 1 is 1.31 bits per heavy atom. The predicted octanol–water partition coefficient (Wildman–Crippen LogP) is 3.16. The first kappa shape index (κ1) is 13.1. The van der Waals surface area contributed by atoms with E-state index in [-0.39, 0.29) is 12.4 Å². The maximum absolute atomic E-state index is 11.9. The smallest absolute Gasteiger partial charge is 0.392 e. The SMILES string of the molecule is OCc1cc(Cl)ccc1OCCC(F)(F)F. The molecule has 0 amide bonds. The highest BCUT2D eigenvalue weighted by Gasteiger charge is 2.26. The fourth-order valence-corrected chi connectivity index (χ4v) is 1.28. The van der Waals surface area contributed by atoms with Crippen molar-refractivity contribution in [1.82, 2.24) is 0 Å². The Bertz CT molecular complexity index is 352. The molecule has 0 saturated carbocycles. The van der Waals surface area contributed by atoms with Crippen molar-refractivity contribution in [1.29, 1.82) is 0 Å². The van der Waals surface area contributed by atoms with E-state index in [4.69, 9.17) is 21.4 Å². The summed E-state index contributed by atoms with van der Waals surface area (Å²) in [4.78, 5) is 0. The molecule has 0 atom stereocenters. The summed E-state index contributed by atoms with van der Waals surface area (Å²) in [6.07, 6.45) is -5.27. The van der Waals surface area contributed by atoms with Crippen LogP contribution >= 0.6 is 11.6 Å². The van der Waals surface area contributed by atoms with Crippen LogP contribution in [0.1, 0.15) is 12.0 Å². The third-order valence-electron chi connectivity index (χ3n) is 1.84. The van der Waals surface area contributed by atoms with Crippen molar-refractivity contribution < 1.29 is 23.0 Å². The van der Waals surface area contributed by atoms with Gasteiger partial charge in [0.1, 0.15) is 5.75 Å². The van der Waals surface area contributed by atoms with Crippen LogP contribution in [0, 0.1) is 0 Å². The second-order valence-corrected chi connectivity index (χ2v) is 3.56. The molecule has 90 valence electrons. The molecule has 1 N–H and O–H groups in total.